The summed E-state index contributed by atoms with van der Waals surface area (Å²) >= 11 is 0. The van der Waals surface area contributed by atoms with Gasteiger partial charge in [0, 0.05) is 45.3 Å². The van der Waals surface area contributed by atoms with Crippen molar-refractivity contribution in [3.8, 4) is 0 Å². The Balaban J connectivity index is 1.81. The number of piperazine rings is 1. The highest BCUT2D eigenvalue weighted by atomic mass is 16.5. The second kappa shape index (κ2) is 11.5. The molecule has 0 atom stereocenters. The molecular formula is C15H33N3O2. The Morgan fingerprint density at radius 2 is 1.50 bits per heavy atom. The van der Waals surface area contributed by atoms with Crippen molar-refractivity contribution < 1.29 is 9.47 Å². The molecule has 20 heavy (non-hydrogen) atoms. The van der Waals surface area contributed by atoms with Gasteiger partial charge in [-0.3, -0.25) is 4.90 Å². The van der Waals surface area contributed by atoms with Crippen molar-refractivity contribution in [2.75, 3.05) is 72.2 Å². The third kappa shape index (κ3) is 8.87. The van der Waals surface area contributed by atoms with Crippen molar-refractivity contribution in [3.05, 3.63) is 0 Å². The van der Waals surface area contributed by atoms with Crippen LogP contribution in [0.3, 0.4) is 0 Å². The number of hydrogen-bond donors (Lipinski definition) is 1. The molecule has 0 bridgehead atoms. The van der Waals surface area contributed by atoms with Crippen LogP contribution >= 0.6 is 0 Å². The minimum Gasteiger partial charge on any atom is -0.378 e. The molecule has 1 rings (SSSR count). The molecule has 0 saturated carbocycles. The molecule has 0 amide bonds. The van der Waals surface area contributed by atoms with Crippen LogP contribution in [0.1, 0.15) is 20.8 Å². The molecule has 1 heterocycles. The second-order valence-corrected chi connectivity index (χ2v) is 5.61. The van der Waals surface area contributed by atoms with E-state index in [1.165, 1.54) is 32.7 Å². The Morgan fingerprint density at radius 1 is 0.900 bits per heavy atom. The van der Waals surface area contributed by atoms with Gasteiger partial charge in [-0.05, 0) is 6.54 Å². The van der Waals surface area contributed by atoms with Crippen molar-refractivity contribution in [3.63, 3.8) is 0 Å². The lowest BCUT2D eigenvalue weighted by Crippen LogP contribution is -2.47. The number of hydrogen-bond acceptors (Lipinski definition) is 5. The second-order valence-electron chi connectivity index (χ2n) is 5.61. The fraction of sp³-hybridized carbons (Fsp3) is 1.00. The number of rotatable bonds is 11. The number of likely N-dealkylation sites (N-methyl/N-ethyl adjacent to an activating group) is 1. The summed E-state index contributed by atoms with van der Waals surface area (Å²) in [6, 6.07) is 0.531. The smallest absolute Gasteiger partial charge is 0.0701 e. The summed E-state index contributed by atoms with van der Waals surface area (Å²) in [5, 5.41) is 3.32. The van der Waals surface area contributed by atoms with Crippen LogP contribution in [-0.4, -0.2) is 88.1 Å². The lowest BCUT2D eigenvalue weighted by molar-refractivity contribution is 0.0326. The highest BCUT2D eigenvalue weighted by molar-refractivity contribution is 4.70. The van der Waals surface area contributed by atoms with Crippen molar-refractivity contribution in [1.82, 2.24) is 15.1 Å². The van der Waals surface area contributed by atoms with E-state index >= 15 is 0 Å². The van der Waals surface area contributed by atoms with Gasteiger partial charge in [-0.15, -0.1) is 0 Å². The number of nitrogens with one attached hydrogen (secondary N) is 1. The molecular weight excluding hydrogens is 254 g/mol. The third-order valence-electron chi connectivity index (χ3n) is 3.63. The maximum absolute atomic E-state index is 5.62. The first-order valence-electron chi connectivity index (χ1n) is 8.06. The molecule has 1 saturated heterocycles. The van der Waals surface area contributed by atoms with Crippen LogP contribution in [-0.2, 0) is 9.47 Å². The molecule has 5 nitrogen and oxygen atoms in total. The summed E-state index contributed by atoms with van der Waals surface area (Å²) in [4.78, 5) is 4.98. The molecule has 0 aromatic rings. The van der Waals surface area contributed by atoms with E-state index in [0.717, 1.165) is 26.3 Å². The summed E-state index contributed by atoms with van der Waals surface area (Å²) in [6.45, 7) is 17.4. The predicted molar refractivity (Wildman–Crippen MR) is 83.3 cm³/mol. The SMILES string of the molecule is CCN1CCN(CCOCCOCCNC(C)C)CC1. The van der Waals surface area contributed by atoms with Gasteiger partial charge < -0.3 is 19.7 Å². The van der Waals surface area contributed by atoms with Crippen LogP contribution in [0.2, 0.25) is 0 Å². The van der Waals surface area contributed by atoms with Crippen molar-refractivity contribution in [1.29, 1.82) is 0 Å². The van der Waals surface area contributed by atoms with Crippen LogP contribution < -0.4 is 5.32 Å². The summed E-state index contributed by atoms with van der Waals surface area (Å²) in [5.41, 5.74) is 0. The fourth-order valence-corrected chi connectivity index (χ4v) is 2.26. The van der Waals surface area contributed by atoms with Gasteiger partial charge in [0.2, 0.25) is 0 Å². The molecule has 1 fully saturated rings. The molecule has 0 aromatic heterocycles. The maximum Gasteiger partial charge on any atom is 0.0701 e. The zero-order valence-electron chi connectivity index (χ0n) is 13.6. The van der Waals surface area contributed by atoms with Crippen LogP contribution in [0.5, 0.6) is 0 Å². The molecule has 0 aromatic carbocycles. The van der Waals surface area contributed by atoms with E-state index in [1.807, 2.05) is 0 Å². The lowest BCUT2D eigenvalue weighted by Gasteiger charge is -2.33. The molecule has 1 aliphatic rings. The van der Waals surface area contributed by atoms with Crippen molar-refractivity contribution in [2.24, 2.45) is 0 Å². The summed E-state index contributed by atoms with van der Waals surface area (Å²) in [7, 11) is 0. The van der Waals surface area contributed by atoms with Gasteiger partial charge in [0.1, 0.15) is 0 Å². The van der Waals surface area contributed by atoms with E-state index in [9.17, 15) is 0 Å². The van der Waals surface area contributed by atoms with Crippen molar-refractivity contribution >= 4 is 0 Å². The zero-order valence-corrected chi connectivity index (χ0v) is 13.6. The highest BCUT2D eigenvalue weighted by Gasteiger charge is 2.14. The Kier molecular flexibility index (Phi) is 10.2. The summed E-state index contributed by atoms with van der Waals surface area (Å²) < 4.78 is 11.1. The molecule has 120 valence electrons. The molecule has 1 aliphatic heterocycles. The van der Waals surface area contributed by atoms with Gasteiger partial charge in [-0.2, -0.15) is 0 Å². The average Bonchev–Trinajstić information content (AvgIpc) is 2.46. The molecule has 5 heteroatoms. The Hall–Kier alpha value is -0.200. The Bertz CT molecular complexity index is 219. The Labute approximate surface area is 124 Å². The van der Waals surface area contributed by atoms with Gasteiger partial charge in [0.15, 0.2) is 0 Å². The third-order valence-corrected chi connectivity index (χ3v) is 3.63. The van der Waals surface area contributed by atoms with Crippen molar-refractivity contribution in [2.45, 2.75) is 26.8 Å². The monoisotopic (exact) mass is 287 g/mol. The molecule has 0 aliphatic carbocycles. The highest BCUT2D eigenvalue weighted by Crippen LogP contribution is 2.00. The van der Waals surface area contributed by atoms with Gasteiger partial charge >= 0.3 is 0 Å². The maximum atomic E-state index is 5.62. The minimum atomic E-state index is 0.531. The normalized spacial score (nSPS) is 18.0. The lowest BCUT2D eigenvalue weighted by atomic mass is 10.3. The summed E-state index contributed by atoms with van der Waals surface area (Å²) in [5.74, 6) is 0. The molecule has 1 N–H and O–H groups in total. The number of ether oxygens (including phenoxy) is 2. The summed E-state index contributed by atoms with van der Waals surface area (Å²) in [6.07, 6.45) is 0. The fourth-order valence-electron chi connectivity index (χ4n) is 2.26. The standard InChI is InChI=1S/C15H33N3O2/c1-4-17-6-8-18(9-7-17)10-12-20-14-13-19-11-5-16-15(2)3/h15-16H,4-14H2,1-3H3. The van der Waals surface area contributed by atoms with Gasteiger partial charge in [-0.1, -0.05) is 20.8 Å². The van der Waals surface area contributed by atoms with E-state index in [4.69, 9.17) is 9.47 Å². The minimum absolute atomic E-state index is 0.531. The van der Waals surface area contributed by atoms with E-state index in [-0.39, 0.29) is 0 Å². The first-order chi connectivity index (χ1) is 9.72. The van der Waals surface area contributed by atoms with Crippen LogP contribution in [0.25, 0.3) is 0 Å². The first-order valence-corrected chi connectivity index (χ1v) is 8.06. The quantitative estimate of drug-likeness (QED) is 0.565. The van der Waals surface area contributed by atoms with Gasteiger partial charge in [-0.25, -0.2) is 0 Å². The van der Waals surface area contributed by atoms with E-state index < -0.39 is 0 Å². The van der Waals surface area contributed by atoms with Gasteiger partial charge in [0.25, 0.3) is 0 Å². The van der Waals surface area contributed by atoms with E-state index in [0.29, 0.717) is 19.3 Å². The van der Waals surface area contributed by atoms with Crippen LogP contribution in [0.4, 0.5) is 0 Å². The first kappa shape index (κ1) is 17.9. The average molecular weight is 287 g/mol. The molecule has 0 spiro atoms. The van der Waals surface area contributed by atoms with Crippen LogP contribution in [0.15, 0.2) is 0 Å². The predicted octanol–water partition coefficient (Wildman–Crippen LogP) is 0.655. The largest absolute Gasteiger partial charge is 0.378 e. The zero-order chi connectivity index (χ0) is 14.6. The number of nitrogens with zero attached hydrogens (tertiary/aromatic N) is 2. The van der Waals surface area contributed by atoms with Crippen LogP contribution in [0, 0.1) is 0 Å². The Morgan fingerprint density at radius 3 is 2.10 bits per heavy atom. The topological polar surface area (TPSA) is 37.0 Å². The molecule has 0 unspecified atom stereocenters. The van der Waals surface area contributed by atoms with Gasteiger partial charge in [0.05, 0.1) is 26.4 Å². The van der Waals surface area contributed by atoms with E-state index in [1.54, 1.807) is 0 Å². The molecule has 0 radical (unpaired) electrons. The van der Waals surface area contributed by atoms with E-state index in [2.05, 4.69) is 35.9 Å².